The highest BCUT2D eigenvalue weighted by Crippen LogP contribution is 2.20. The molecule has 0 aliphatic carbocycles. The van der Waals surface area contributed by atoms with Crippen LogP contribution in [0, 0.1) is 6.92 Å². The van der Waals surface area contributed by atoms with Gasteiger partial charge in [-0.05, 0) is 36.1 Å². The second-order valence-corrected chi connectivity index (χ2v) is 5.13. The maximum Gasteiger partial charge on any atom is 0.122 e. The van der Waals surface area contributed by atoms with E-state index in [0.717, 1.165) is 33.6 Å². The molecule has 3 rings (SSSR count). The third-order valence-electron chi connectivity index (χ3n) is 3.57. The standard InChI is InChI=1S/C17H18N2O2/c1-12-7-16(21-2)9-15(18-12)10-19-6-5-14-8-13(11-20)3-4-17(14)19/h3-9,20H,10-11H2,1-2H3. The second kappa shape index (κ2) is 5.58. The summed E-state index contributed by atoms with van der Waals surface area (Å²) in [4.78, 5) is 4.56. The van der Waals surface area contributed by atoms with E-state index in [4.69, 9.17) is 4.74 Å². The SMILES string of the molecule is COc1cc(C)nc(Cn2ccc3cc(CO)ccc32)c1. The number of aliphatic hydroxyl groups excluding tert-OH is 1. The topological polar surface area (TPSA) is 47.3 Å². The molecule has 4 nitrogen and oxygen atoms in total. The van der Waals surface area contributed by atoms with Gasteiger partial charge in [-0.25, -0.2) is 0 Å². The lowest BCUT2D eigenvalue weighted by molar-refractivity contribution is 0.282. The van der Waals surface area contributed by atoms with E-state index in [2.05, 4.69) is 15.6 Å². The molecule has 3 aromatic rings. The first-order chi connectivity index (χ1) is 10.2. The normalized spacial score (nSPS) is 11.0. The molecular weight excluding hydrogens is 264 g/mol. The number of aromatic nitrogens is 2. The number of methoxy groups -OCH3 is 1. The van der Waals surface area contributed by atoms with Gasteiger partial charge in [-0.1, -0.05) is 6.07 Å². The molecule has 0 spiro atoms. The van der Waals surface area contributed by atoms with Crippen molar-refractivity contribution in [2.75, 3.05) is 7.11 Å². The van der Waals surface area contributed by atoms with Gasteiger partial charge in [0.25, 0.3) is 0 Å². The fourth-order valence-corrected chi connectivity index (χ4v) is 2.56. The molecule has 0 bridgehead atoms. The Balaban J connectivity index is 1.96. The molecule has 4 heteroatoms. The molecule has 1 N–H and O–H groups in total. The highest BCUT2D eigenvalue weighted by Gasteiger charge is 2.05. The number of benzene rings is 1. The number of aliphatic hydroxyl groups is 1. The lowest BCUT2D eigenvalue weighted by Crippen LogP contribution is -2.02. The van der Waals surface area contributed by atoms with Crippen LogP contribution in [0.2, 0.25) is 0 Å². The Morgan fingerprint density at radius 2 is 2.05 bits per heavy atom. The summed E-state index contributed by atoms with van der Waals surface area (Å²) in [6.07, 6.45) is 2.04. The number of hydrogen-bond donors (Lipinski definition) is 1. The lowest BCUT2D eigenvalue weighted by Gasteiger charge is -2.08. The highest BCUT2D eigenvalue weighted by atomic mass is 16.5. The molecule has 0 saturated heterocycles. The third-order valence-corrected chi connectivity index (χ3v) is 3.57. The van der Waals surface area contributed by atoms with E-state index in [1.807, 2.05) is 43.5 Å². The monoisotopic (exact) mass is 282 g/mol. The van der Waals surface area contributed by atoms with Gasteiger partial charge in [-0.15, -0.1) is 0 Å². The minimum Gasteiger partial charge on any atom is -0.497 e. The van der Waals surface area contributed by atoms with Crippen LogP contribution in [0.3, 0.4) is 0 Å². The Hall–Kier alpha value is -2.33. The molecule has 0 radical (unpaired) electrons. The number of fused-ring (bicyclic) bond motifs is 1. The fourth-order valence-electron chi connectivity index (χ4n) is 2.56. The van der Waals surface area contributed by atoms with Crippen molar-refractivity contribution >= 4 is 10.9 Å². The second-order valence-electron chi connectivity index (χ2n) is 5.13. The van der Waals surface area contributed by atoms with E-state index in [0.29, 0.717) is 6.54 Å². The number of rotatable bonds is 4. The summed E-state index contributed by atoms with van der Waals surface area (Å²) in [7, 11) is 1.67. The van der Waals surface area contributed by atoms with E-state index in [1.165, 1.54) is 0 Å². The first-order valence-corrected chi connectivity index (χ1v) is 6.90. The fraction of sp³-hybridized carbons (Fsp3) is 0.235. The van der Waals surface area contributed by atoms with Gasteiger partial charge in [-0.3, -0.25) is 4.98 Å². The van der Waals surface area contributed by atoms with Crippen LogP contribution >= 0.6 is 0 Å². The van der Waals surface area contributed by atoms with Crippen molar-refractivity contribution in [3.8, 4) is 5.75 Å². The number of pyridine rings is 1. The van der Waals surface area contributed by atoms with Crippen molar-refractivity contribution in [3.05, 3.63) is 59.5 Å². The van der Waals surface area contributed by atoms with Crippen LogP contribution in [0.5, 0.6) is 5.75 Å². The minimum absolute atomic E-state index is 0.0672. The van der Waals surface area contributed by atoms with Crippen LogP contribution in [-0.4, -0.2) is 21.8 Å². The van der Waals surface area contributed by atoms with Gasteiger partial charge in [0, 0.05) is 29.5 Å². The van der Waals surface area contributed by atoms with Gasteiger partial charge in [0.05, 0.1) is 26.0 Å². The van der Waals surface area contributed by atoms with Crippen LogP contribution in [0.1, 0.15) is 17.0 Å². The first-order valence-electron chi connectivity index (χ1n) is 6.90. The zero-order valence-corrected chi connectivity index (χ0v) is 12.2. The Bertz CT molecular complexity index is 778. The van der Waals surface area contributed by atoms with Gasteiger partial charge < -0.3 is 14.4 Å². The van der Waals surface area contributed by atoms with E-state index >= 15 is 0 Å². The molecule has 0 saturated carbocycles. The average Bonchev–Trinajstić information content (AvgIpc) is 2.88. The molecular formula is C17H18N2O2. The number of nitrogens with zero attached hydrogens (tertiary/aromatic N) is 2. The van der Waals surface area contributed by atoms with Gasteiger partial charge in [-0.2, -0.15) is 0 Å². The predicted octanol–water partition coefficient (Wildman–Crippen LogP) is 2.89. The largest absolute Gasteiger partial charge is 0.497 e. The summed E-state index contributed by atoms with van der Waals surface area (Å²) in [6.45, 7) is 2.73. The summed E-state index contributed by atoms with van der Waals surface area (Å²) < 4.78 is 7.45. The Labute approximate surface area is 123 Å². The smallest absolute Gasteiger partial charge is 0.122 e. The molecule has 0 atom stereocenters. The lowest BCUT2D eigenvalue weighted by atomic mass is 10.2. The number of hydrogen-bond acceptors (Lipinski definition) is 3. The Morgan fingerprint density at radius 1 is 1.19 bits per heavy atom. The molecule has 0 fully saturated rings. The molecule has 2 heterocycles. The van der Waals surface area contributed by atoms with E-state index in [9.17, 15) is 5.11 Å². The van der Waals surface area contributed by atoms with Gasteiger partial charge >= 0.3 is 0 Å². The van der Waals surface area contributed by atoms with Gasteiger partial charge in [0.1, 0.15) is 5.75 Å². The zero-order valence-electron chi connectivity index (χ0n) is 12.2. The molecule has 108 valence electrons. The molecule has 0 aliphatic rings. The maximum atomic E-state index is 9.20. The summed E-state index contributed by atoms with van der Waals surface area (Å²) in [6, 6.07) is 11.9. The van der Waals surface area contributed by atoms with Crippen molar-refractivity contribution in [1.82, 2.24) is 9.55 Å². The van der Waals surface area contributed by atoms with Crippen LogP contribution in [-0.2, 0) is 13.2 Å². The van der Waals surface area contributed by atoms with E-state index in [-0.39, 0.29) is 6.61 Å². The highest BCUT2D eigenvalue weighted by molar-refractivity contribution is 5.80. The third kappa shape index (κ3) is 2.76. The van der Waals surface area contributed by atoms with Crippen LogP contribution in [0.25, 0.3) is 10.9 Å². The Kier molecular flexibility index (Phi) is 3.62. The quantitative estimate of drug-likeness (QED) is 0.800. The van der Waals surface area contributed by atoms with Crippen molar-refractivity contribution in [3.63, 3.8) is 0 Å². The maximum absolute atomic E-state index is 9.20. The van der Waals surface area contributed by atoms with Crippen molar-refractivity contribution in [2.45, 2.75) is 20.1 Å². The summed E-state index contributed by atoms with van der Waals surface area (Å²) >= 11 is 0. The molecule has 0 amide bonds. The summed E-state index contributed by atoms with van der Waals surface area (Å²) in [5.74, 6) is 0.830. The summed E-state index contributed by atoms with van der Waals surface area (Å²) in [5.41, 5.74) is 3.98. The molecule has 0 aliphatic heterocycles. The number of ether oxygens (including phenoxy) is 1. The van der Waals surface area contributed by atoms with Gasteiger partial charge in [0.2, 0.25) is 0 Å². The first kappa shape index (κ1) is 13.6. The van der Waals surface area contributed by atoms with E-state index < -0.39 is 0 Å². The van der Waals surface area contributed by atoms with Crippen molar-refractivity contribution in [2.24, 2.45) is 0 Å². The van der Waals surface area contributed by atoms with Gasteiger partial charge in [0.15, 0.2) is 0 Å². The Morgan fingerprint density at radius 3 is 2.81 bits per heavy atom. The molecule has 21 heavy (non-hydrogen) atoms. The zero-order chi connectivity index (χ0) is 14.8. The van der Waals surface area contributed by atoms with Crippen molar-refractivity contribution in [1.29, 1.82) is 0 Å². The van der Waals surface area contributed by atoms with E-state index in [1.54, 1.807) is 7.11 Å². The van der Waals surface area contributed by atoms with Crippen LogP contribution in [0.4, 0.5) is 0 Å². The molecule has 2 aromatic heterocycles. The molecule has 0 unspecified atom stereocenters. The van der Waals surface area contributed by atoms with Crippen LogP contribution < -0.4 is 4.74 Å². The van der Waals surface area contributed by atoms with Crippen LogP contribution in [0.15, 0.2) is 42.6 Å². The molecule has 1 aromatic carbocycles. The van der Waals surface area contributed by atoms with Crippen molar-refractivity contribution < 1.29 is 9.84 Å². The summed E-state index contributed by atoms with van der Waals surface area (Å²) in [5, 5.41) is 10.3. The minimum atomic E-state index is 0.0672. The average molecular weight is 282 g/mol. The number of aryl methyl sites for hydroxylation is 1. The predicted molar refractivity (Wildman–Crippen MR) is 82.5 cm³/mol.